The van der Waals surface area contributed by atoms with Gasteiger partial charge in [0.2, 0.25) is 5.91 Å². The molecule has 0 aliphatic heterocycles. The second-order valence-corrected chi connectivity index (χ2v) is 5.16. The predicted octanol–water partition coefficient (Wildman–Crippen LogP) is 1.02. The molecule has 1 amide bonds. The van der Waals surface area contributed by atoms with Gasteiger partial charge in [-0.05, 0) is 19.3 Å². The molecule has 6 nitrogen and oxygen atoms in total. The van der Waals surface area contributed by atoms with Crippen LogP contribution in [0.1, 0.15) is 36.3 Å². The molecule has 20 heavy (non-hydrogen) atoms. The van der Waals surface area contributed by atoms with Crippen LogP contribution >= 0.6 is 0 Å². The molecule has 0 spiro atoms. The van der Waals surface area contributed by atoms with E-state index in [0.717, 1.165) is 6.42 Å². The molecule has 0 aliphatic rings. The number of amides is 1. The van der Waals surface area contributed by atoms with Gasteiger partial charge >= 0.3 is 5.97 Å². The lowest BCUT2D eigenvalue weighted by Gasteiger charge is -2.12. The first kappa shape index (κ1) is 15.9. The molecule has 1 aromatic rings. The van der Waals surface area contributed by atoms with Crippen LogP contribution in [0.4, 0.5) is 0 Å². The van der Waals surface area contributed by atoms with Crippen molar-refractivity contribution < 1.29 is 14.7 Å². The fourth-order valence-corrected chi connectivity index (χ4v) is 1.71. The van der Waals surface area contributed by atoms with Crippen LogP contribution in [-0.4, -0.2) is 28.1 Å². The third-order valence-electron chi connectivity index (χ3n) is 2.93. The Morgan fingerprint density at radius 1 is 1.40 bits per heavy atom. The summed E-state index contributed by atoms with van der Waals surface area (Å²) in [5.41, 5.74) is -0.323. The molecule has 0 saturated heterocycles. The van der Waals surface area contributed by atoms with Crippen molar-refractivity contribution in [2.45, 2.75) is 33.7 Å². The summed E-state index contributed by atoms with van der Waals surface area (Å²) in [6.07, 6.45) is 2.09. The van der Waals surface area contributed by atoms with E-state index in [4.69, 9.17) is 5.11 Å². The van der Waals surface area contributed by atoms with Crippen molar-refractivity contribution in [2.75, 3.05) is 6.54 Å². The number of carbonyl (C=O) groups is 2. The Hall–Kier alpha value is -2.11. The number of aryl methyl sites for hydroxylation is 1. The predicted molar refractivity (Wildman–Crippen MR) is 74.9 cm³/mol. The molecule has 1 rings (SSSR count). The number of carboxylic acid groups (broad SMARTS) is 1. The molecular formula is C14H20N2O4. The average Bonchev–Trinajstić information content (AvgIpc) is 2.31. The van der Waals surface area contributed by atoms with Gasteiger partial charge in [0.05, 0.1) is 0 Å². The SMILES string of the molecule is Cc1cc(=O)c(C(=O)O)cn1CC(=O)NCCC(C)C. The summed E-state index contributed by atoms with van der Waals surface area (Å²) in [7, 11) is 0. The summed E-state index contributed by atoms with van der Waals surface area (Å²) in [4.78, 5) is 34.1. The second kappa shape index (κ2) is 6.88. The Kier molecular flexibility index (Phi) is 5.49. The van der Waals surface area contributed by atoms with Gasteiger partial charge in [-0.3, -0.25) is 9.59 Å². The van der Waals surface area contributed by atoms with E-state index in [0.29, 0.717) is 18.2 Å². The van der Waals surface area contributed by atoms with Crippen LogP contribution < -0.4 is 10.7 Å². The molecule has 1 aromatic heterocycles. The number of nitrogens with one attached hydrogen (secondary N) is 1. The topological polar surface area (TPSA) is 88.4 Å². The number of aromatic carboxylic acids is 1. The van der Waals surface area contributed by atoms with E-state index in [-0.39, 0.29) is 18.0 Å². The van der Waals surface area contributed by atoms with E-state index in [9.17, 15) is 14.4 Å². The lowest BCUT2D eigenvalue weighted by molar-refractivity contribution is -0.121. The lowest BCUT2D eigenvalue weighted by Crippen LogP contribution is -2.30. The zero-order valence-corrected chi connectivity index (χ0v) is 12.0. The zero-order valence-electron chi connectivity index (χ0n) is 12.0. The molecular weight excluding hydrogens is 260 g/mol. The molecule has 0 aromatic carbocycles. The second-order valence-electron chi connectivity index (χ2n) is 5.16. The maximum absolute atomic E-state index is 11.8. The Labute approximate surface area is 117 Å². The number of aromatic nitrogens is 1. The van der Waals surface area contributed by atoms with Gasteiger partial charge in [0.15, 0.2) is 5.43 Å². The van der Waals surface area contributed by atoms with Gasteiger partial charge in [-0.2, -0.15) is 0 Å². The summed E-state index contributed by atoms with van der Waals surface area (Å²) in [5.74, 6) is -0.985. The monoisotopic (exact) mass is 280 g/mol. The van der Waals surface area contributed by atoms with Gasteiger partial charge in [-0.15, -0.1) is 0 Å². The maximum atomic E-state index is 11.8. The van der Waals surface area contributed by atoms with E-state index >= 15 is 0 Å². The normalized spacial score (nSPS) is 10.6. The van der Waals surface area contributed by atoms with Gasteiger partial charge in [0.25, 0.3) is 0 Å². The quantitative estimate of drug-likeness (QED) is 0.814. The summed E-state index contributed by atoms with van der Waals surface area (Å²) in [5, 5.41) is 11.7. The van der Waals surface area contributed by atoms with Gasteiger partial charge < -0.3 is 15.0 Å². The smallest absolute Gasteiger partial charge is 0.341 e. The van der Waals surface area contributed by atoms with Crippen LogP contribution in [0.3, 0.4) is 0 Å². The first-order valence-electron chi connectivity index (χ1n) is 6.52. The molecule has 0 aliphatic carbocycles. The number of carboxylic acids is 1. The van der Waals surface area contributed by atoms with Crippen LogP contribution in [0.15, 0.2) is 17.1 Å². The number of pyridine rings is 1. The van der Waals surface area contributed by atoms with Crippen molar-refractivity contribution in [2.24, 2.45) is 5.92 Å². The van der Waals surface area contributed by atoms with Crippen molar-refractivity contribution in [3.05, 3.63) is 33.7 Å². The Morgan fingerprint density at radius 2 is 2.05 bits per heavy atom. The Balaban J connectivity index is 2.77. The number of hydrogen-bond donors (Lipinski definition) is 2. The molecule has 0 fully saturated rings. The third kappa shape index (κ3) is 4.53. The zero-order chi connectivity index (χ0) is 15.3. The van der Waals surface area contributed by atoms with Crippen molar-refractivity contribution in [1.82, 2.24) is 9.88 Å². The minimum Gasteiger partial charge on any atom is -0.477 e. The highest BCUT2D eigenvalue weighted by atomic mass is 16.4. The summed E-state index contributed by atoms with van der Waals surface area (Å²) in [6, 6.07) is 1.23. The van der Waals surface area contributed by atoms with Gasteiger partial charge in [0, 0.05) is 24.5 Å². The molecule has 0 bridgehead atoms. The molecule has 0 saturated carbocycles. The van der Waals surface area contributed by atoms with E-state index in [1.54, 1.807) is 6.92 Å². The van der Waals surface area contributed by atoms with Crippen molar-refractivity contribution in [3.63, 3.8) is 0 Å². The van der Waals surface area contributed by atoms with Gasteiger partial charge in [0.1, 0.15) is 12.1 Å². The Morgan fingerprint density at radius 3 is 2.60 bits per heavy atom. The van der Waals surface area contributed by atoms with E-state index in [1.165, 1.54) is 16.8 Å². The highest BCUT2D eigenvalue weighted by Crippen LogP contribution is 2.00. The van der Waals surface area contributed by atoms with Crippen LogP contribution in [0.2, 0.25) is 0 Å². The minimum atomic E-state index is -1.29. The molecule has 6 heteroatoms. The molecule has 0 unspecified atom stereocenters. The van der Waals surface area contributed by atoms with Crippen LogP contribution in [-0.2, 0) is 11.3 Å². The van der Waals surface area contributed by atoms with Crippen LogP contribution in [0.25, 0.3) is 0 Å². The molecule has 1 heterocycles. The first-order chi connectivity index (χ1) is 9.31. The largest absolute Gasteiger partial charge is 0.477 e. The summed E-state index contributed by atoms with van der Waals surface area (Å²) < 4.78 is 1.47. The van der Waals surface area contributed by atoms with Gasteiger partial charge in [-0.25, -0.2) is 4.79 Å². The van der Waals surface area contributed by atoms with Gasteiger partial charge in [-0.1, -0.05) is 13.8 Å². The van der Waals surface area contributed by atoms with Crippen molar-refractivity contribution in [3.8, 4) is 0 Å². The van der Waals surface area contributed by atoms with Crippen molar-refractivity contribution >= 4 is 11.9 Å². The van der Waals surface area contributed by atoms with Crippen LogP contribution in [0, 0.1) is 12.8 Å². The third-order valence-corrected chi connectivity index (χ3v) is 2.93. The molecule has 2 N–H and O–H groups in total. The fourth-order valence-electron chi connectivity index (χ4n) is 1.71. The number of nitrogens with zero attached hydrogens (tertiary/aromatic N) is 1. The summed E-state index contributed by atoms with van der Waals surface area (Å²) >= 11 is 0. The number of carbonyl (C=O) groups excluding carboxylic acids is 1. The van der Waals surface area contributed by atoms with E-state index < -0.39 is 11.4 Å². The maximum Gasteiger partial charge on any atom is 0.341 e. The minimum absolute atomic E-state index is 0.00445. The molecule has 0 atom stereocenters. The summed E-state index contributed by atoms with van der Waals surface area (Å²) in [6.45, 7) is 6.38. The highest BCUT2D eigenvalue weighted by Gasteiger charge is 2.12. The average molecular weight is 280 g/mol. The fraction of sp³-hybridized carbons (Fsp3) is 0.500. The van der Waals surface area contributed by atoms with E-state index in [1.807, 2.05) is 0 Å². The number of rotatable bonds is 6. The van der Waals surface area contributed by atoms with Crippen molar-refractivity contribution in [1.29, 1.82) is 0 Å². The first-order valence-corrected chi connectivity index (χ1v) is 6.52. The number of hydrogen-bond acceptors (Lipinski definition) is 3. The van der Waals surface area contributed by atoms with Crippen LogP contribution in [0.5, 0.6) is 0 Å². The standard InChI is InChI=1S/C14H20N2O4/c1-9(2)4-5-15-13(18)8-16-7-11(14(19)20)12(17)6-10(16)3/h6-7,9H,4-5,8H2,1-3H3,(H,15,18)(H,19,20). The van der Waals surface area contributed by atoms with E-state index in [2.05, 4.69) is 19.2 Å². The Bertz CT molecular complexity index is 561. The highest BCUT2D eigenvalue weighted by molar-refractivity contribution is 5.87. The lowest BCUT2D eigenvalue weighted by atomic mass is 10.1. The molecule has 110 valence electrons. The molecule has 0 radical (unpaired) electrons.